The first-order valence-corrected chi connectivity index (χ1v) is 6.07. The van der Waals surface area contributed by atoms with Crippen LogP contribution in [-0.2, 0) is 6.42 Å². The van der Waals surface area contributed by atoms with E-state index in [0.717, 1.165) is 17.9 Å². The van der Waals surface area contributed by atoms with Crippen molar-refractivity contribution in [3.8, 4) is 0 Å². The molecule has 80 valence electrons. The zero-order valence-corrected chi connectivity index (χ0v) is 9.61. The molecule has 1 saturated heterocycles. The van der Waals surface area contributed by atoms with Crippen molar-refractivity contribution in [2.75, 3.05) is 13.1 Å². The Labute approximate surface area is 92.1 Å². The van der Waals surface area contributed by atoms with Crippen molar-refractivity contribution in [2.24, 2.45) is 5.92 Å². The molecule has 1 heteroatoms. The number of hydrogen-bond donors (Lipinski definition) is 0. The van der Waals surface area contributed by atoms with Gasteiger partial charge in [0.25, 0.3) is 0 Å². The molecule has 3 rings (SSSR count). The Morgan fingerprint density at radius 2 is 1.87 bits per heavy atom. The molecule has 0 saturated carbocycles. The summed E-state index contributed by atoms with van der Waals surface area (Å²) >= 11 is 0. The van der Waals surface area contributed by atoms with Crippen LogP contribution in [0.5, 0.6) is 0 Å². The average Bonchev–Trinajstić information content (AvgIpc) is 2.52. The van der Waals surface area contributed by atoms with Crippen molar-refractivity contribution < 1.29 is 0 Å². The molecule has 15 heavy (non-hydrogen) atoms. The van der Waals surface area contributed by atoms with Gasteiger partial charge in [0.2, 0.25) is 0 Å². The van der Waals surface area contributed by atoms with E-state index in [1.165, 1.54) is 19.5 Å². The topological polar surface area (TPSA) is 3.24 Å². The Hall–Kier alpha value is -0.820. The van der Waals surface area contributed by atoms with Crippen LogP contribution in [0.15, 0.2) is 24.3 Å². The lowest BCUT2D eigenvalue weighted by molar-refractivity contribution is 0.0568. The molecular formula is C14H19N. The largest absolute Gasteiger partial charge is 0.299 e. The molecule has 0 bridgehead atoms. The van der Waals surface area contributed by atoms with Crippen LogP contribution in [0.4, 0.5) is 0 Å². The summed E-state index contributed by atoms with van der Waals surface area (Å²) in [5.74, 6) is 1.65. The third-order valence-electron chi connectivity index (χ3n) is 4.11. The summed E-state index contributed by atoms with van der Waals surface area (Å²) in [7, 11) is 0. The standard InChI is InChI=1S/C14H19N/c1-10-8-15(9-10)14-7-12-5-3-4-6-13(12)11(14)2/h3-6,10-11,14H,7-9H2,1-2H3/t11-,14-/m1/s1. The smallest absolute Gasteiger partial charge is 0.0202 e. The van der Waals surface area contributed by atoms with Gasteiger partial charge in [0.15, 0.2) is 0 Å². The Morgan fingerprint density at radius 3 is 2.53 bits per heavy atom. The molecular weight excluding hydrogens is 182 g/mol. The highest BCUT2D eigenvalue weighted by molar-refractivity contribution is 5.37. The van der Waals surface area contributed by atoms with Crippen LogP contribution in [0.2, 0.25) is 0 Å². The van der Waals surface area contributed by atoms with Crippen LogP contribution < -0.4 is 0 Å². The number of benzene rings is 1. The third kappa shape index (κ3) is 1.41. The van der Waals surface area contributed by atoms with Gasteiger partial charge in [-0.3, -0.25) is 4.90 Å². The summed E-state index contributed by atoms with van der Waals surface area (Å²) in [6.07, 6.45) is 1.27. The molecule has 2 atom stereocenters. The van der Waals surface area contributed by atoms with Crippen LogP contribution in [0.3, 0.4) is 0 Å². The molecule has 0 aromatic heterocycles. The molecule has 1 fully saturated rings. The van der Waals surface area contributed by atoms with E-state index < -0.39 is 0 Å². The fourth-order valence-electron chi connectivity index (χ4n) is 3.24. The molecule has 1 aliphatic carbocycles. The van der Waals surface area contributed by atoms with Gasteiger partial charge >= 0.3 is 0 Å². The van der Waals surface area contributed by atoms with E-state index >= 15 is 0 Å². The van der Waals surface area contributed by atoms with Gasteiger partial charge in [0.1, 0.15) is 0 Å². The molecule has 1 heterocycles. The predicted molar refractivity (Wildman–Crippen MR) is 63.1 cm³/mol. The molecule has 0 N–H and O–H groups in total. The van der Waals surface area contributed by atoms with Gasteiger partial charge in [0.05, 0.1) is 0 Å². The van der Waals surface area contributed by atoms with Crippen molar-refractivity contribution in [1.82, 2.24) is 4.90 Å². The molecule has 1 aliphatic heterocycles. The summed E-state index contributed by atoms with van der Waals surface area (Å²) in [4.78, 5) is 2.66. The van der Waals surface area contributed by atoms with Gasteiger partial charge in [-0.2, -0.15) is 0 Å². The van der Waals surface area contributed by atoms with Crippen molar-refractivity contribution in [2.45, 2.75) is 32.2 Å². The fourth-order valence-corrected chi connectivity index (χ4v) is 3.24. The molecule has 0 unspecified atom stereocenters. The van der Waals surface area contributed by atoms with Crippen LogP contribution in [0.25, 0.3) is 0 Å². The number of fused-ring (bicyclic) bond motifs is 1. The zero-order valence-electron chi connectivity index (χ0n) is 9.61. The lowest BCUT2D eigenvalue weighted by Crippen LogP contribution is -2.52. The van der Waals surface area contributed by atoms with Gasteiger partial charge in [-0.1, -0.05) is 38.1 Å². The van der Waals surface area contributed by atoms with E-state index in [1.54, 1.807) is 11.1 Å². The summed E-state index contributed by atoms with van der Waals surface area (Å²) in [6, 6.07) is 9.74. The number of likely N-dealkylation sites (tertiary alicyclic amines) is 1. The molecule has 2 aliphatic rings. The van der Waals surface area contributed by atoms with Gasteiger partial charge < -0.3 is 0 Å². The van der Waals surface area contributed by atoms with E-state index in [2.05, 4.69) is 43.0 Å². The number of nitrogens with zero attached hydrogens (tertiary/aromatic N) is 1. The Bertz CT molecular complexity index is 365. The highest BCUT2D eigenvalue weighted by Gasteiger charge is 2.37. The van der Waals surface area contributed by atoms with E-state index in [-0.39, 0.29) is 0 Å². The second kappa shape index (κ2) is 3.34. The van der Waals surface area contributed by atoms with Crippen LogP contribution in [-0.4, -0.2) is 24.0 Å². The quantitative estimate of drug-likeness (QED) is 0.675. The number of rotatable bonds is 1. The number of hydrogen-bond acceptors (Lipinski definition) is 1. The van der Waals surface area contributed by atoms with Crippen molar-refractivity contribution in [3.63, 3.8) is 0 Å². The van der Waals surface area contributed by atoms with Crippen molar-refractivity contribution >= 4 is 0 Å². The third-order valence-corrected chi connectivity index (χ3v) is 4.11. The minimum atomic E-state index is 0.730. The van der Waals surface area contributed by atoms with E-state index in [9.17, 15) is 0 Å². The Balaban J connectivity index is 1.81. The monoisotopic (exact) mass is 201 g/mol. The Kier molecular flexibility index (Phi) is 2.10. The maximum absolute atomic E-state index is 2.66. The molecule has 0 radical (unpaired) electrons. The second-order valence-corrected chi connectivity index (χ2v) is 5.32. The average molecular weight is 201 g/mol. The first-order valence-electron chi connectivity index (χ1n) is 6.07. The van der Waals surface area contributed by atoms with Crippen molar-refractivity contribution in [1.29, 1.82) is 0 Å². The SMILES string of the molecule is CC1CN([C@@H]2Cc3ccccc3[C@H]2C)C1. The van der Waals surface area contributed by atoms with Crippen molar-refractivity contribution in [3.05, 3.63) is 35.4 Å². The molecule has 0 spiro atoms. The second-order valence-electron chi connectivity index (χ2n) is 5.32. The first-order chi connectivity index (χ1) is 7.25. The van der Waals surface area contributed by atoms with Gasteiger partial charge in [-0.05, 0) is 29.4 Å². The van der Waals surface area contributed by atoms with Gasteiger partial charge in [-0.25, -0.2) is 0 Å². The molecule has 1 aromatic rings. The van der Waals surface area contributed by atoms with Crippen LogP contribution in [0.1, 0.15) is 30.9 Å². The van der Waals surface area contributed by atoms with Gasteiger partial charge in [-0.15, -0.1) is 0 Å². The normalized spacial score (nSPS) is 31.3. The minimum Gasteiger partial charge on any atom is -0.299 e. The lowest BCUT2D eigenvalue weighted by Gasteiger charge is -2.43. The molecule has 1 nitrogen and oxygen atoms in total. The fraction of sp³-hybridized carbons (Fsp3) is 0.571. The maximum Gasteiger partial charge on any atom is 0.0202 e. The highest BCUT2D eigenvalue weighted by Crippen LogP contribution is 2.38. The minimum absolute atomic E-state index is 0.730. The lowest BCUT2D eigenvalue weighted by atomic mass is 9.93. The van der Waals surface area contributed by atoms with E-state index in [1.807, 2.05) is 0 Å². The predicted octanol–water partition coefficient (Wildman–Crippen LogP) is 2.67. The van der Waals surface area contributed by atoms with E-state index in [0.29, 0.717) is 0 Å². The first kappa shape index (κ1) is 9.41. The van der Waals surface area contributed by atoms with Crippen LogP contribution >= 0.6 is 0 Å². The Morgan fingerprint density at radius 1 is 1.13 bits per heavy atom. The summed E-state index contributed by atoms with van der Waals surface area (Å²) in [5, 5.41) is 0. The van der Waals surface area contributed by atoms with Crippen LogP contribution in [0, 0.1) is 5.92 Å². The molecule has 1 aromatic carbocycles. The summed E-state index contributed by atoms with van der Waals surface area (Å²) < 4.78 is 0. The van der Waals surface area contributed by atoms with Gasteiger partial charge in [0, 0.05) is 19.1 Å². The maximum atomic E-state index is 2.66. The zero-order chi connectivity index (χ0) is 10.4. The molecule has 0 amide bonds. The summed E-state index contributed by atoms with van der Waals surface area (Å²) in [5.41, 5.74) is 3.16. The summed E-state index contributed by atoms with van der Waals surface area (Å²) in [6.45, 7) is 7.36. The van der Waals surface area contributed by atoms with E-state index in [4.69, 9.17) is 0 Å². The highest BCUT2D eigenvalue weighted by atomic mass is 15.2.